The van der Waals surface area contributed by atoms with Crippen LogP contribution in [0.15, 0.2) is 48.5 Å². The summed E-state index contributed by atoms with van der Waals surface area (Å²) in [6.07, 6.45) is 0.906. The van der Waals surface area contributed by atoms with Crippen molar-refractivity contribution in [3.8, 4) is 0 Å². The zero-order chi connectivity index (χ0) is 20.1. The van der Waals surface area contributed by atoms with Crippen LogP contribution in [0.3, 0.4) is 0 Å². The Balaban J connectivity index is 1.60. The van der Waals surface area contributed by atoms with Crippen LogP contribution in [0.2, 0.25) is 5.02 Å². The normalized spacial score (nSPS) is 16.1. The van der Waals surface area contributed by atoms with E-state index < -0.39 is 5.92 Å². The molecule has 1 fully saturated rings. The number of benzene rings is 2. The smallest absolute Gasteiger partial charge is 0.338 e. The molecule has 146 valence electrons. The summed E-state index contributed by atoms with van der Waals surface area (Å²) in [5.41, 5.74) is 1.71. The Morgan fingerprint density at radius 3 is 2.46 bits per heavy atom. The number of carbonyl (C=O) groups excluding carboxylic acids is 3. The summed E-state index contributed by atoms with van der Waals surface area (Å²) in [4.78, 5) is 38.2. The number of nitrogens with zero attached hydrogens (tertiary/aromatic N) is 1. The molecule has 1 N–H and O–H groups in total. The molecule has 1 unspecified atom stereocenters. The van der Waals surface area contributed by atoms with Gasteiger partial charge in [0.05, 0.1) is 18.1 Å². The first kappa shape index (κ1) is 19.9. The van der Waals surface area contributed by atoms with Gasteiger partial charge in [-0.2, -0.15) is 0 Å². The lowest BCUT2D eigenvalue weighted by atomic mass is 10.1. The van der Waals surface area contributed by atoms with Gasteiger partial charge in [-0.25, -0.2) is 4.79 Å². The number of carbonyl (C=O) groups is 3. The third-order valence-electron chi connectivity index (χ3n) is 4.46. The summed E-state index contributed by atoms with van der Waals surface area (Å²) < 4.78 is 5.07. The fraction of sp³-hybridized carbons (Fsp3) is 0.286. The van der Waals surface area contributed by atoms with E-state index in [0.717, 1.165) is 12.1 Å². The zero-order valence-corrected chi connectivity index (χ0v) is 16.2. The third-order valence-corrected chi connectivity index (χ3v) is 4.71. The molecule has 1 aliphatic rings. The number of ether oxygens (including phenoxy) is 1. The maximum atomic E-state index is 12.5. The zero-order valence-electron chi connectivity index (χ0n) is 15.5. The highest BCUT2D eigenvalue weighted by molar-refractivity contribution is 6.30. The van der Waals surface area contributed by atoms with Crippen molar-refractivity contribution < 1.29 is 19.1 Å². The van der Waals surface area contributed by atoms with Crippen molar-refractivity contribution in [1.82, 2.24) is 0 Å². The number of hydrogen-bond acceptors (Lipinski definition) is 4. The Labute approximate surface area is 168 Å². The Morgan fingerprint density at radius 2 is 1.82 bits per heavy atom. The van der Waals surface area contributed by atoms with E-state index in [1.54, 1.807) is 53.4 Å². The minimum absolute atomic E-state index is 0.100. The maximum Gasteiger partial charge on any atom is 0.338 e. The molecule has 0 spiro atoms. The van der Waals surface area contributed by atoms with E-state index in [4.69, 9.17) is 16.3 Å². The molecule has 0 saturated carbocycles. The van der Waals surface area contributed by atoms with Crippen molar-refractivity contribution in [2.24, 2.45) is 5.92 Å². The van der Waals surface area contributed by atoms with Crippen molar-refractivity contribution in [3.63, 3.8) is 0 Å². The Kier molecular flexibility index (Phi) is 6.31. The van der Waals surface area contributed by atoms with Crippen LogP contribution < -0.4 is 10.2 Å². The number of anilines is 2. The van der Waals surface area contributed by atoms with Gasteiger partial charge in [-0.05, 0) is 55.0 Å². The summed E-state index contributed by atoms with van der Waals surface area (Å²) >= 11 is 5.88. The topological polar surface area (TPSA) is 75.7 Å². The highest BCUT2D eigenvalue weighted by Gasteiger charge is 2.35. The van der Waals surface area contributed by atoms with Crippen molar-refractivity contribution in [3.05, 3.63) is 59.1 Å². The second kappa shape index (κ2) is 8.89. The van der Waals surface area contributed by atoms with Gasteiger partial charge >= 0.3 is 5.97 Å². The van der Waals surface area contributed by atoms with E-state index >= 15 is 0 Å². The summed E-state index contributed by atoms with van der Waals surface area (Å²) in [7, 11) is 0. The molecule has 0 bridgehead atoms. The molecule has 0 radical (unpaired) electrons. The molecule has 3 rings (SSSR count). The van der Waals surface area contributed by atoms with Crippen LogP contribution >= 0.6 is 11.6 Å². The van der Waals surface area contributed by atoms with Crippen LogP contribution in [-0.4, -0.2) is 30.9 Å². The SMILES string of the molecule is CCCOC(=O)c1ccc(NC(=O)C2CC(=O)N(c3ccc(Cl)cc3)C2)cc1. The number of halogens is 1. The Morgan fingerprint density at radius 1 is 1.14 bits per heavy atom. The van der Waals surface area contributed by atoms with Crippen LogP contribution in [-0.2, 0) is 14.3 Å². The second-order valence-corrected chi connectivity index (χ2v) is 7.02. The van der Waals surface area contributed by atoms with Gasteiger partial charge in [-0.3, -0.25) is 9.59 Å². The Hall–Kier alpha value is -2.86. The summed E-state index contributed by atoms with van der Waals surface area (Å²) in [5, 5.41) is 3.39. The van der Waals surface area contributed by atoms with Crippen molar-refractivity contribution >= 4 is 40.8 Å². The fourth-order valence-electron chi connectivity index (χ4n) is 2.97. The summed E-state index contributed by atoms with van der Waals surface area (Å²) in [6.45, 7) is 2.61. The van der Waals surface area contributed by atoms with E-state index in [0.29, 0.717) is 29.4 Å². The molecule has 2 aromatic carbocycles. The molecule has 1 atom stereocenters. The van der Waals surface area contributed by atoms with E-state index in [9.17, 15) is 14.4 Å². The predicted molar refractivity (Wildman–Crippen MR) is 108 cm³/mol. The van der Waals surface area contributed by atoms with Crippen LogP contribution in [0.1, 0.15) is 30.1 Å². The Bertz CT molecular complexity index is 865. The largest absolute Gasteiger partial charge is 0.462 e. The molecule has 28 heavy (non-hydrogen) atoms. The summed E-state index contributed by atoms with van der Waals surface area (Å²) in [5.74, 6) is -1.17. The maximum absolute atomic E-state index is 12.5. The monoisotopic (exact) mass is 400 g/mol. The number of amides is 2. The van der Waals surface area contributed by atoms with Gasteiger partial charge in [0, 0.05) is 29.4 Å². The van der Waals surface area contributed by atoms with Gasteiger partial charge in [-0.15, -0.1) is 0 Å². The molecule has 1 aliphatic heterocycles. The third kappa shape index (κ3) is 4.70. The van der Waals surface area contributed by atoms with Crippen molar-refractivity contribution in [2.75, 3.05) is 23.4 Å². The average molecular weight is 401 g/mol. The molecule has 1 saturated heterocycles. The first-order valence-corrected chi connectivity index (χ1v) is 9.49. The molecule has 2 aromatic rings. The molecule has 2 amide bonds. The highest BCUT2D eigenvalue weighted by atomic mass is 35.5. The fourth-order valence-corrected chi connectivity index (χ4v) is 3.09. The van der Waals surface area contributed by atoms with Crippen LogP contribution in [0.25, 0.3) is 0 Å². The predicted octanol–water partition coefficient (Wildman–Crippen LogP) is 3.90. The lowest BCUT2D eigenvalue weighted by molar-refractivity contribution is -0.122. The first-order chi connectivity index (χ1) is 13.5. The lowest BCUT2D eigenvalue weighted by Gasteiger charge is -2.16. The summed E-state index contributed by atoms with van der Waals surface area (Å²) in [6, 6.07) is 13.5. The standard InChI is InChI=1S/C21H21ClN2O4/c1-2-11-28-21(27)14-3-7-17(8-4-14)23-20(26)15-12-19(25)24(13-15)18-9-5-16(22)6-10-18/h3-10,15H,2,11-13H2,1H3,(H,23,26). The van der Waals surface area contributed by atoms with Gasteiger partial charge in [0.1, 0.15) is 0 Å². The first-order valence-electron chi connectivity index (χ1n) is 9.12. The second-order valence-electron chi connectivity index (χ2n) is 6.58. The van der Waals surface area contributed by atoms with Crippen LogP contribution in [0, 0.1) is 5.92 Å². The molecule has 6 nitrogen and oxygen atoms in total. The van der Waals surface area contributed by atoms with E-state index in [-0.39, 0.29) is 24.2 Å². The quantitative estimate of drug-likeness (QED) is 0.746. The van der Waals surface area contributed by atoms with Crippen LogP contribution in [0.4, 0.5) is 11.4 Å². The molecule has 7 heteroatoms. The minimum atomic E-state index is -0.447. The molecule has 0 aromatic heterocycles. The molecule has 0 aliphatic carbocycles. The molecular formula is C21H21ClN2O4. The number of nitrogens with one attached hydrogen (secondary N) is 1. The minimum Gasteiger partial charge on any atom is -0.462 e. The van der Waals surface area contributed by atoms with Crippen molar-refractivity contribution in [2.45, 2.75) is 19.8 Å². The van der Waals surface area contributed by atoms with E-state index in [1.807, 2.05) is 6.92 Å². The van der Waals surface area contributed by atoms with Gasteiger partial charge in [0.2, 0.25) is 11.8 Å². The lowest BCUT2D eigenvalue weighted by Crippen LogP contribution is -2.28. The van der Waals surface area contributed by atoms with Gasteiger partial charge < -0.3 is 15.0 Å². The highest BCUT2D eigenvalue weighted by Crippen LogP contribution is 2.27. The average Bonchev–Trinajstić information content (AvgIpc) is 3.09. The molecular weight excluding hydrogens is 380 g/mol. The van der Waals surface area contributed by atoms with Crippen LogP contribution in [0.5, 0.6) is 0 Å². The number of esters is 1. The van der Waals surface area contributed by atoms with Crippen molar-refractivity contribution in [1.29, 1.82) is 0 Å². The van der Waals surface area contributed by atoms with E-state index in [1.165, 1.54) is 0 Å². The van der Waals surface area contributed by atoms with Gasteiger partial charge in [0.15, 0.2) is 0 Å². The van der Waals surface area contributed by atoms with E-state index in [2.05, 4.69) is 5.32 Å². The number of hydrogen-bond donors (Lipinski definition) is 1. The molecule has 1 heterocycles. The van der Waals surface area contributed by atoms with Gasteiger partial charge in [0.25, 0.3) is 0 Å². The number of rotatable bonds is 6. The van der Waals surface area contributed by atoms with Gasteiger partial charge in [-0.1, -0.05) is 18.5 Å².